The van der Waals surface area contributed by atoms with Crippen molar-refractivity contribution < 1.29 is 14.3 Å². The molecular weight excluding hydrogens is 326 g/mol. The Balaban J connectivity index is 1.99. The summed E-state index contributed by atoms with van der Waals surface area (Å²) in [5, 5.41) is 8.44. The number of aromatic nitrogens is 1. The Hall–Kier alpha value is -2.28. The van der Waals surface area contributed by atoms with Crippen LogP contribution in [0.5, 0.6) is 11.5 Å². The van der Waals surface area contributed by atoms with E-state index in [-0.39, 0.29) is 5.91 Å². The molecule has 1 amide bonds. The molecule has 24 heavy (non-hydrogen) atoms. The maximum atomic E-state index is 12.0. The molecule has 0 saturated carbocycles. The average Bonchev–Trinajstić information content (AvgIpc) is 3.07. The summed E-state index contributed by atoms with van der Waals surface area (Å²) in [5.74, 6) is 1.22. The summed E-state index contributed by atoms with van der Waals surface area (Å²) >= 11 is 1.38. The second-order valence-corrected chi connectivity index (χ2v) is 6.05. The minimum absolute atomic E-state index is 0.142. The van der Waals surface area contributed by atoms with Crippen molar-refractivity contribution in [1.82, 2.24) is 10.3 Å². The van der Waals surface area contributed by atoms with Crippen molar-refractivity contribution in [1.29, 1.82) is 0 Å². The van der Waals surface area contributed by atoms with Gasteiger partial charge in [-0.3, -0.25) is 4.79 Å². The Morgan fingerprint density at radius 1 is 1.25 bits per heavy atom. The van der Waals surface area contributed by atoms with Gasteiger partial charge < -0.3 is 20.1 Å². The molecule has 1 aromatic carbocycles. The van der Waals surface area contributed by atoms with Crippen LogP contribution in [0.2, 0.25) is 0 Å². The summed E-state index contributed by atoms with van der Waals surface area (Å²) < 4.78 is 10.5. The first-order chi connectivity index (χ1) is 11.7. The predicted molar refractivity (Wildman–Crippen MR) is 96.8 cm³/mol. The van der Waals surface area contributed by atoms with Gasteiger partial charge in [0.2, 0.25) is 0 Å². The smallest absolute Gasteiger partial charge is 0.270 e. The van der Waals surface area contributed by atoms with E-state index in [0.29, 0.717) is 28.9 Å². The third-order valence-corrected chi connectivity index (χ3v) is 4.21. The van der Waals surface area contributed by atoms with E-state index in [1.54, 1.807) is 25.7 Å². The minimum atomic E-state index is -0.142. The molecule has 6 nitrogen and oxygen atoms in total. The van der Waals surface area contributed by atoms with Gasteiger partial charge in [0.05, 0.1) is 19.9 Å². The van der Waals surface area contributed by atoms with Gasteiger partial charge in [0.15, 0.2) is 5.13 Å². The van der Waals surface area contributed by atoms with Gasteiger partial charge in [-0.2, -0.15) is 0 Å². The normalized spacial score (nSPS) is 10.3. The fourth-order valence-electron chi connectivity index (χ4n) is 2.12. The Kier molecular flexibility index (Phi) is 6.87. The van der Waals surface area contributed by atoms with Crippen LogP contribution in [0, 0.1) is 0 Å². The SMILES string of the molecule is CCCCCNC(=O)c1csc(Nc2ccc(OC)cc2OC)n1. The van der Waals surface area contributed by atoms with Gasteiger partial charge in [-0.25, -0.2) is 4.98 Å². The number of anilines is 2. The molecule has 1 aromatic heterocycles. The number of carbonyl (C=O) groups excluding carboxylic acids is 1. The van der Waals surface area contributed by atoms with Crippen molar-refractivity contribution in [3.05, 3.63) is 29.3 Å². The van der Waals surface area contributed by atoms with Crippen LogP contribution in [0.15, 0.2) is 23.6 Å². The maximum absolute atomic E-state index is 12.0. The van der Waals surface area contributed by atoms with Crippen LogP contribution in [-0.4, -0.2) is 31.7 Å². The topological polar surface area (TPSA) is 72.5 Å². The van der Waals surface area contributed by atoms with Gasteiger partial charge in [0, 0.05) is 18.0 Å². The van der Waals surface area contributed by atoms with Crippen LogP contribution in [0.1, 0.15) is 36.7 Å². The van der Waals surface area contributed by atoms with Crippen LogP contribution in [0.25, 0.3) is 0 Å². The highest BCUT2D eigenvalue weighted by Crippen LogP contribution is 2.32. The molecular formula is C17H23N3O3S. The second-order valence-electron chi connectivity index (χ2n) is 5.19. The second kappa shape index (κ2) is 9.12. The summed E-state index contributed by atoms with van der Waals surface area (Å²) in [4.78, 5) is 16.4. The number of thiazole rings is 1. The lowest BCUT2D eigenvalue weighted by molar-refractivity contribution is 0.0949. The number of benzene rings is 1. The Bertz CT molecular complexity index is 673. The van der Waals surface area contributed by atoms with E-state index < -0.39 is 0 Å². The largest absolute Gasteiger partial charge is 0.497 e. The number of methoxy groups -OCH3 is 2. The average molecular weight is 349 g/mol. The minimum Gasteiger partial charge on any atom is -0.497 e. The Labute approximate surface area is 146 Å². The van der Waals surface area contributed by atoms with Crippen LogP contribution < -0.4 is 20.1 Å². The van der Waals surface area contributed by atoms with E-state index in [0.717, 1.165) is 24.9 Å². The molecule has 0 aliphatic carbocycles. The molecule has 7 heteroatoms. The van der Waals surface area contributed by atoms with Crippen LogP contribution in [-0.2, 0) is 0 Å². The number of amides is 1. The standard InChI is InChI=1S/C17H23N3O3S/c1-4-5-6-9-18-16(21)14-11-24-17(20-14)19-13-8-7-12(22-2)10-15(13)23-3/h7-8,10-11H,4-6,9H2,1-3H3,(H,18,21)(H,19,20). The van der Waals surface area contributed by atoms with Gasteiger partial charge >= 0.3 is 0 Å². The first kappa shape index (κ1) is 18.1. The molecule has 0 saturated heterocycles. The third-order valence-electron chi connectivity index (χ3n) is 3.45. The van der Waals surface area contributed by atoms with E-state index >= 15 is 0 Å². The molecule has 0 bridgehead atoms. The quantitative estimate of drug-likeness (QED) is 0.673. The van der Waals surface area contributed by atoms with E-state index in [2.05, 4.69) is 22.5 Å². The first-order valence-electron chi connectivity index (χ1n) is 7.90. The molecule has 0 fully saturated rings. The molecule has 1 heterocycles. The van der Waals surface area contributed by atoms with Crippen molar-refractivity contribution in [2.24, 2.45) is 0 Å². The molecule has 2 aromatic rings. The predicted octanol–water partition coefficient (Wildman–Crippen LogP) is 3.82. The molecule has 0 aliphatic rings. The molecule has 0 radical (unpaired) electrons. The fourth-order valence-corrected chi connectivity index (χ4v) is 2.82. The molecule has 0 atom stereocenters. The lowest BCUT2D eigenvalue weighted by Gasteiger charge is -2.10. The number of carbonyl (C=O) groups is 1. The number of unbranched alkanes of at least 4 members (excludes halogenated alkanes) is 2. The monoisotopic (exact) mass is 349 g/mol. The molecule has 0 aliphatic heterocycles. The molecule has 0 spiro atoms. The number of rotatable bonds is 9. The zero-order valence-corrected chi connectivity index (χ0v) is 15.0. The number of ether oxygens (including phenoxy) is 2. The number of hydrogen-bond donors (Lipinski definition) is 2. The van der Waals surface area contributed by atoms with Gasteiger partial charge in [0.1, 0.15) is 17.2 Å². The first-order valence-corrected chi connectivity index (χ1v) is 8.78. The van der Waals surface area contributed by atoms with E-state index in [1.165, 1.54) is 11.3 Å². The van der Waals surface area contributed by atoms with Crippen molar-refractivity contribution >= 4 is 28.1 Å². The number of nitrogens with zero attached hydrogens (tertiary/aromatic N) is 1. The number of nitrogens with one attached hydrogen (secondary N) is 2. The lowest BCUT2D eigenvalue weighted by atomic mass is 10.2. The number of hydrogen-bond acceptors (Lipinski definition) is 6. The van der Waals surface area contributed by atoms with Crippen molar-refractivity contribution in [3.63, 3.8) is 0 Å². The highest BCUT2D eigenvalue weighted by atomic mass is 32.1. The van der Waals surface area contributed by atoms with Crippen molar-refractivity contribution in [2.45, 2.75) is 26.2 Å². The lowest BCUT2D eigenvalue weighted by Crippen LogP contribution is -2.24. The zero-order chi connectivity index (χ0) is 17.4. The van der Waals surface area contributed by atoms with Gasteiger partial charge in [-0.05, 0) is 18.6 Å². The molecule has 130 valence electrons. The Morgan fingerprint density at radius 2 is 2.08 bits per heavy atom. The third kappa shape index (κ3) is 4.86. The fraction of sp³-hybridized carbons (Fsp3) is 0.412. The van der Waals surface area contributed by atoms with Crippen molar-refractivity contribution in [2.75, 3.05) is 26.1 Å². The summed E-state index contributed by atoms with van der Waals surface area (Å²) in [5.41, 5.74) is 1.19. The highest BCUT2D eigenvalue weighted by Gasteiger charge is 2.12. The summed E-state index contributed by atoms with van der Waals surface area (Å²) in [6.45, 7) is 2.81. The van der Waals surface area contributed by atoms with E-state index in [9.17, 15) is 4.79 Å². The van der Waals surface area contributed by atoms with Crippen molar-refractivity contribution in [3.8, 4) is 11.5 Å². The summed E-state index contributed by atoms with van der Waals surface area (Å²) in [7, 11) is 3.20. The zero-order valence-electron chi connectivity index (χ0n) is 14.2. The summed E-state index contributed by atoms with van der Waals surface area (Å²) in [6, 6.07) is 5.47. The van der Waals surface area contributed by atoms with Crippen LogP contribution in [0.3, 0.4) is 0 Å². The highest BCUT2D eigenvalue weighted by molar-refractivity contribution is 7.14. The van der Waals surface area contributed by atoms with Crippen LogP contribution in [0.4, 0.5) is 10.8 Å². The van der Waals surface area contributed by atoms with Crippen LogP contribution >= 0.6 is 11.3 Å². The van der Waals surface area contributed by atoms with Gasteiger partial charge in [0.25, 0.3) is 5.91 Å². The van der Waals surface area contributed by atoms with E-state index in [1.807, 2.05) is 12.1 Å². The van der Waals surface area contributed by atoms with E-state index in [4.69, 9.17) is 9.47 Å². The van der Waals surface area contributed by atoms with Gasteiger partial charge in [-0.15, -0.1) is 11.3 Å². The molecule has 2 rings (SSSR count). The molecule has 2 N–H and O–H groups in total. The van der Waals surface area contributed by atoms with Gasteiger partial charge in [-0.1, -0.05) is 19.8 Å². The molecule has 0 unspecified atom stereocenters. The maximum Gasteiger partial charge on any atom is 0.270 e. The Morgan fingerprint density at radius 3 is 2.79 bits per heavy atom. The summed E-state index contributed by atoms with van der Waals surface area (Å²) in [6.07, 6.45) is 3.23.